The first-order chi connectivity index (χ1) is 15.4. The molecule has 8 nitrogen and oxygen atoms in total. The molecule has 1 saturated heterocycles. The lowest BCUT2D eigenvalue weighted by Gasteiger charge is -2.26. The monoisotopic (exact) mass is 466 g/mol. The number of benzene rings is 2. The SMILES string of the molecule is CCC(Oc1ccc(F)cc1)C(=O)NCCOc1ccc(S(=O)(=O)N2CCOCC2)cc1. The molecule has 1 amide bonds. The summed E-state index contributed by atoms with van der Waals surface area (Å²) in [5.74, 6) is 0.234. The predicted octanol–water partition coefficient (Wildman–Crippen LogP) is 2.20. The zero-order valence-corrected chi connectivity index (χ0v) is 18.6. The molecular weight excluding hydrogens is 439 g/mol. The molecule has 2 aromatic carbocycles. The van der Waals surface area contributed by atoms with Crippen LogP contribution in [0.25, 0.3) is 0 Å². The van der Waals surface area contributed by atoms with Crippen molar-refractivity contribution in [2.75, 3.05) is 39.5 Å². The van der Waals surface area contributed by atoms with Crippen LogP contribution in [-0.2, 0) is 19.6 Å². The Morgan fingerprint density at radius 1 is 1.09 bits per heavy atom. The number of hydrogen-bond acceptors (Lipinski definition) is 6. The summed E-state index contributed by atoms with van der Waals surface area (Å²) >= 11 is 0. The van der Waals surface area contributed by atoms with Crippen LogP contribution in [0.5, 0.6) is 11.5 Å². The minimum atomic E-state index is -3.55. The van der Waals surface area contributed by atoms with Gasteiger partial charge >= 0.3 is 0 Å². The Labute approximate surface area is 187 Å². The standard InChI is InChI=1S/C22H27FN2O6S/c1-2-21(31-19-5-3-17(23)4-6-19)22(26)24-11-14-30-18-7-9-20(10-8-18)32(27,28)25-12-15-29-16-13-25/h3-10,21H,2,11-16H2,1H3,(H,24,26). The number of carbonyl (C=O) groups is 1. The number of halogens is 1. The van der Waals surface area contributed by atoms with E-state index in [1.165, 1.54) is 40.7 Å². The quantitative estimate of drug-likeness (QED) is 0.540. The van der Waals surface area contributed by atoms with E-state index >= 15 is 0 Å². The minimum absolute atomic E-state index is 0.198. The van der Waals surface area contributed by atoms with Crippen molar-refractivity contribution in [3.05, 3.63) is 54.3 Å². The molecule has 1 unspecified atom stereocenters. The molecule has 1 aliphatic rings. The largest absolute Gasteiger partial charge is 0.492 e. The number of hydrogen-bond donors (Lipinski definition) is 1. The molecule has 174 valence electrons. The average Bonchev–Trinajstić information content (AvgIpc) is 2.82. The number of sulfonamides is 1. The first-order valence-corrected chi connectivity index (χ1v) is 11.8. The Kier molecular flexibility index (Phi) is 8.43. The van der Waals surface area contributed by atoms with Gasteiger partial charge < -0.3 is 19.5 Å². The molecule has 1 fully saturated rings. The van der Waals surface area contributed by atoms with Crippen LogP contribution in [-0.4, -0.2) is 64.2 Å². The highest BCUT2D eigenvalue weighted by Crippen LogP contribution is 2.20. The highest BCUT2D eigenvalue weighted by Gasteiger charge is 2.26. The molecule has 1 atom stereocenters. The molecular formula is C22H27FN2O6S. The predicted molar refractivity (Wildman–Crippen MR) is 116 cm³/mol. The Bertz CT molecular complexity index is 976. The van der Waals surface area contributed by atoms with Gasteiger partial charge in [0.15, 0.2) is 6.10 Å². The minimum Gasteiger partial charge on any atom is -0.492 e. The van der Waals surface area contributed by atoms with Gasteiger partial charge in [-0.05, 0) is 55.0 Å². The van der Waals surface area contributed by atoms with Crippen LogP contribution in [0.3, 0.4) is 0 Å². The second-order valence-electron chi connectivity index (χ2n) is 7.10. The van der Waals surface area contributed by atoms with Crippen molar-refractivity contribution in [2.45, 2.75) is 24.3 Å². The van der Waals surface area contributed by atoms with Gasteiger partial charge in [-0.2, -0.15) is 4.31 Å². The molecule has 1 heterocycles. The Balaban J connectivity index is 1.44. The Morgan fingerprint density at radius 3 is 2.34 bits per heavy atom. The number of nitrogens with one attached hydrogen (secondary N) is 1. The smallest absolute Gasteiger partial charge is 0.261 e. The van der Waals surface area contributed by atoms with Gasteiger partial charge in [-0.3, -0.25) is 4.79 Å². The van der Waals surface area contributed by atoms with Crippen molar-refractivity contribution >= 4 is 15.9 Å². The number of morpholine rings is 1. The van der Waals surface area contributed by atoms with Crippen molar-refractivity contribution in [3.63, 3.8) is 0 Å². The van der Waals surface area contributed by atoms with Crippen molar-refractivity contribution in [1.82, 2.24) is 9.62 Å². The molecule has 0 spiro atoms. The first kappa shape index (κ1) is 24.0. The molecule has 0 saturated carbocycles. The molecule has 3 rings (SSSR count). The molecule has 1 aliphatic heterocycles. The van der Waals surface area contributed by atoms with E-state index in [-0.39, 0.29) is 29.8 Å². The van der Waals surface area contributed by atoms with Crippen molar-refractivity contribution in [1.29, 1.82) is 0 Å². The van der Waals surface area contributed by atoms with Gasteiger partial charge in [0.2, 0.25) is 10.0 Å². The summed E-state index contributed by atoms with van der Waals surface area (Å²) in [6, 6.07) is 11.7. The summed E-state index contributed by atoms with van der Waals surface area (Å²) in [6.07, 6.45) is -0.256. The van der Waals surface area contributed by atoms with Crippen molar-refractivity contribution in [3.8, 4) is 11.5 Å². The highest BCUT2D eigenvalue weighted by molar-refractivity contribution is 7.89. The van der Waals surface area contributed by atoms with Gasteiger partial charge in [0, 0.05) is 13.1 Å². The van der Waals surface area contributed by atoms with Crippen molar-refractivity contribution in [2.24, 2.45) is 0 Å². The summed E-state index contributed by atoms with van der Waals surface area (Å²) in [5.41, 5.74) is 0. The summed E-state index contributed by atoms with van der Waals surface area (Å²) in [5, 5.41) is 2.74. The summed E-state index contributed by atoms with van der Waals surface area (Å²) in [4.78, 5) is 12.5. The van der Waals surface area contributed by atoms with Gasteiger partial charge in [0.25, 0.3) is 5.91 Å². The fourth-order valence-electron chi connectivity index (χ4n) is 3.10. The lowest BCUT2D eigenvalue weighted by Crippen LogP contribution is -2.40. The maximum Gasteiger partial charge on any atom is 0.261 e. The van der Waals surface area contributed by atoms with E-state index in [0.717, 1.165) is 0 Å². The third kappa shape index (κ3) is 6.41. The van der Waals surface area contributed by atoms with Crippen LogP contribution in [0, 0.1) is 5.82 Å². The number of carbonyl (C=O) groups excluding carboxylic acids is 1. The second kappa shape index (κ2) is 11.3. The summed E-state index contributed by atoms with van der Waals surface area (Å²) in [6.45, 7) is 3.72. The van der Waals surface area contributed by atoms with Crippen LogP contribution in [0.15, 0.2) is 53.4 Å². The topological polar surface area (TPSA) is 94.2 Å². The Hall–Kier alpha value is -2.69. The molecule has 0 radical (unpaired) electrons. The van der Waals surface area contributed by atoms with E-state index in [1.807, 2.05) is 6.92 Å². The normalized spacial score (nSPS) is 15.7. The van der Waals surface area contributed by atoms with Crippen LogP contribution < -0.4 is 14.8 Å². The summed E-state index contributed by atoms with van der Waals surface area (Å²) < 4.78 is 56.0. The van der Waals surface area contributed by atoms with E-state index in [9.17, 15) is 17.6 Å². The molecule has 1 N–H and O–H groups in total. The molecule has 32 heavy (non-hydrogen) atoms. The van der Waals surface area contributed by atoms with Crippen LogP contribution in [0.4, 0.5) is 4.39 Å². The van der Waals surface area contributed by atoms with Crippen molar-refractivity contribution < 1.29 is 31.8 Å². The average molecular weight is 467 g/mol. The fraction of sp³-hybridized carbons (Fsp3) is 0.409. The first-order valence-electron chi connectivity index (χ1n) is 10.4. The second-order valence-corrected chi connectivity index (χ2v) is 9.03. The van der Waals surface area contributed by atoms with Gasteiger partial charge in [0.1, 0.15) is 23.9 Å². The number of ether oxygens (including phenoxy) is 3. The fourth-order valence-corrected chi connectivity index (χ4v) is 4.51. The highest BCUT2D eigenvalue weighted by atomic mass is 32.2. The van der Waals surface area contributed by atoms with E-state index in [2.05, 4.69) is 5.32 Å². The van der Waals surface area contributed by atoms with Gasteiger partial charge in [-0.1, -0.05) is 6.92 Å². The van der Waals surface area contributed by atoms with E-state index in [0.29, 0.717) is 44.2 Å². The van der Waals surface area contributed by atoms with Crippen LogP contribution in [0.2, 0.25) is 0 Å². The number of rotatable bonds is 10. The lowest BCUT2D eigenvalue weighted by molar-refractivity contribution is -0.128. The van der Waals surface area contributed by atoms with Gasteiger partial charge in [-0.25, -0.2) is 12.8 Å². The summed E-state index contributed by atoms with van der Waals surface area (Å²) in [7, 11) is -3.55. The number of nitrogens with zero attached hydrogens (tertiary/aromatic N) is 1. The van der Waals surface area contributed by atoms with Crippen LogP contribution >= 0.6 is 0 Å². The molecule has 2 aromatic rings. The molecule has 0 bridgehead atoms. The lowest BCUT2D eigenvalue weighted by atomic mass is 10.2. The van der Waals surface area contributed by atoms with Crippen LogP contribution in [0.1, 0.15) is 13.3 Å². The van der Waals surface area contributed by atoms with Gasteiger partial charge in [0.05, 0.1) is 24.7 Å². The Morgan fingerprint density at radius 2 is 1.72 bits per heavy atom. The third-order valence-electron chi connectivity index (χ3n) is 4.86. The van der Waals surface area contributed by atoms with Gasteiger partial charge in [-0.15, -0.1) is 0 Å². The zero-order chi connectivity index (χ0) is 23.0. The molecule has 0 aromatic heterocycles. The molecule has 10 heteroatoms. The number of amides is 1. The van der Waals surface area contributed by atoms with E-state index in [4.69, 9.17) is 14.2 Å². The van der Waals surface area contributed by atoms with E-state index in [1.54, 1.807) is 12.1 Å². The zero-order valence-electron chi connectivity index (χ0n) is 17.8. The molecule has 0 aliphatic carbocycles. The maximum atomic E-state index is 13.0. The maximum absolute atomic E-state index is 13.0. The third-order valence-corrected chi connectivity index (χ3v) is 6.77. The van der Waals surface area contributed by atoms with E-state index < -0.39 is 16.1 Å².